The number of carbonyl (C=O) groups is 1. The second-order valence-electron chi connectivity index (χ2n) is 5.59. The molecule has 0 aliphatic carbocycles. The van der Waals surface area contributed by atoms with Gasteiger partial charge in [-0.05, 0) is 42.3 Å². The molecule has 0 unspecified atom stereocenters. The van der Waals surface area contributed by atoms with Crippen LogP contribution in [0, 0.1) is 0 Å². The quantitative estimate of drug-likeness (QED) is 0.784. The Morgan fingerprint density at radius 2 is 1.91 bits per heavy atom. The Hall–Kier alpha value is -2.59. The number of rotatable bonds is 2. The summed E-state index contributed by atoms with van der Waals surface area (Å²) in [7, 11) is 0. The minimum atomic E-state index is -0.403. The van der Waals surface area contributed by atoms with Gasteiger partial charge in [0, 0.05) is 28.8 Å². The maximum atomic E-state index is 12.7. The summed E-state index contributed by atoms with van der Waals surface area (Å²) in [4.78, 5) is 25.1. The fraction of sp³-hybridized carbons (Fsp3) is 0.111. The largest absolute Gasteiger partial charge is 0.346 e. The highest BCUT2D eigenvalue weighted by molar-refractivity contribution is 6.30. The van der Waals surface area contributed by atoms with Crippen LogP contribution in [0.15, 0.2) is 53.5 Å². The molecule has 2 aromatic carbocycles. The smallest absolute Gasteiger partial charge is 0.261 e. The van der Waals surface area contributed by atoms with Crippen molar-refractivity contribution in [3.8, 4) is 0 Å². The lowest BCUT2D eigenvalue weighted by Crippen LogP contribution is -2.23. The van der Waals surface area contributed by atoms with Crippen molar-refractivity contribution < 1.29 is 4.79 Å². The van der Waals surface area contributed by atoms with Gasteiger partial charge in [0.25, 0.3) is 5.91 Å². The van der Waals surface area contributed by atoms with Crippen molar-refractivity contribution in [2.75, 3.05) is 5.32 Å². The van der Waals surface area contributed by atoms with Gasteiger partial charge in [-0.15, -0.1) is 0 Å². The van der Waals surface area contributed by atoms with Gasteiger partial charge in [0.05, 0.1) is 5.52 Å². The van der Waals surface area contributed by atoms with E-state index in [1.54, 1.807) is 36.5 Å². The molecule has 1 amide bonds. The summed E-state index contributed by atoms with van der Waals surface area (Å²) in [6.07, 6.45) is 2.55. The summed E-state index contributed by atoms with van der Waals surface area (Å²) in [6.45, 7) is 0.789. The molecule has 0 radical (unpaired) electrons. The topological polar surface area (TPSA) is 51.1 Å². The summed E-state index contributed by atoms with van der Waals surface area (Å²) in [6, 6.07) is 12.5. The van der Waals surface area contributed by atoms with Gasteiger partial charge in [-0.3, -0.25) is 9.59 Å². The summed E-state index contributed by atoms with van der Waals surface area (Å²) >= 11 is 5.84. The molecule has 4 rings (SSSR count). The van der Waals surface area contributed by atoms with Crippen LogP contribution >= 0.6 is 11.6 Å². The van der Waals surface area contributed by atoms with E-state index in [0.29, 0.717) is 16.1 Å². The number of aromatic nitrogens is 1. The molecule has 23 heavy (non-hydrogen) atoms. The van der Waals surface area contributed by atoms with E-state index in [1.807, 2.05) is 16.7 Å². The molecule has 114 valence electrons. The minimum Gasteiger partial charge on any atom is -0.346 e. The Morgan fingerprint density at radius 3 is 2.70 bits per heavy atom. The normalized spacial score (nSPS) is 12.6. The van der Waals surface area contributed by atoms with E-state index in [0.717, 1.165) is 24.0 Å². The lowest BCUT2D eigenvalue weighted by atomic mass is 10.1. The third kappa shape index (κ3) is 2.32. The third-order valence-electron chi connectivity index (χ3n) is 4.15. The zero-order chi connectivity index (χ0) is 16.0. The number of pyridine rings is 1. The Kier molecular flexibility index (Phi) is 3.20. The first kappa shape index (κ1) is 14.0. The first-order valence-electron chi connectivity index (χ1n) is 7.35. The number of hydrogen-bond acceptors (Lipinski definition) is 2. The van der Waals surface area contributed by atoms with Crippen molar-refractivity contribution in [1.82, 2.24) is 4.57 Å². The van der Waals surface area contributed by atoms with E-state index in [9.17, 15) is 9.59 Å². The molecule has 0 atom stereocenters. The van der Waals surface area contributed by atoms with E-state index < -0.39 is 5.91 Å². The van der Waals surface area contributed by atoms with E-state index in [-0.39, 0.29) is 11.0 Å². The van der Waals surface area contributed by atoms with Gasteiger partial charge in [0.15, 0.2) is 0 Å². The van der Waals surface area contributed by atoms with Gasteiger partial charge in [0.1, 0.15) is 5.56 Å². The van der Waals surface area contributed by atoms with Gasteiger partial charge >= 0.3 is 0 Å². The fourth-order valence-corrected chi connectivity index (χ4v) is 3.18. The van der Waals surface area contributed by atoms with E-state index >= 15 is 0 Å². The Labute approximate surface area is 137 Å². The maximum Gasteiger partial charge on any atom is 0.261 e. The highest BCUT2D eigenvalue weighted by atomic mass is 35.5. The number of halogens is 1. The average Bonchev–Trinajstić information content (AvgIpc) is 2.97. The number of benzene rings is 2. The van der Waals surface area contributed by atoms with Crippen LogP contribution in [-0.2, 0) is 13.0 Å². The minimum absolute atomic E-state index is 0.159. The van der Waals surface area contributed by atoms with Crippen LogP contribution < -0.4 is 10.7 Å². The Bertz CT molecular complexity index is 990. The van der Waals surface area contributed by atoms with Gasteiger partial charge < -0.3 is 9.88 Å². The van der Waals surface area contributed by atoms with Crippen LogP contribution in [0.3, 0.4) is 0 Å². The number of anilines is 1. The van der Waals surface area contributed by atoms with Gasteiger partial charge in [0.2, 0.25) is 5.43 Å². The lowest BCUT2D eigenvalue weighted by Gasteiger charge is -2.09. The second kappa shape index (κ2) is 5.25. The average molecular weight is 325 g/mol. The molecule has 1 aliphatic rings. The van der Waals surface area contributed by atoms with Crippen LogP contribution in [0.5, 0.6) is 0 Å². The zero-order valence-electron chi connectivity index (χ0n) is 12.2. The first-order valence-corrected chi connectivity index (χ1v) is 7.73. The monoisotopic (exact) mass is 324 g/mol. The predicted molar refractivity (Wildman–Crippen MR) is 91.3 cm³/mol. The molecule has 2 heterocycles. The van der Waals surface area contributed by atoms with Crippen molar-refractivity contribution in [2.24, 2.45) is 0 Å². The van der Waals surface area contributed by atoms with Crippen molar-refractivity contribution in [1.29, 1.82) is 0 Å². The van der Waals surface area contributed by atoms with Crippen molar-refractivity contribution in [2.45, 2.75) is 13.0 Å². The van der Waals surface area contributed by atoms with Gasteiger partial charge in [-0.25, -0.2) is 0 Å². The Morgan fingerprint density at radius 1 is 1.13 bits per heavy atom. The molecule has 0 bridgehead atoms. The predicted octanol–water partition coefficient (Wildman–Crippen LogP) is 3.46. The van der Waals surface area contributed by atoms with Crippen LogP contribution in [0.25, 0.3) is 10.9 Å². The number of amides is 1. The molecule has 0 saturated carbocycles. The van der Waals surface area contributed by atoms with E-state index in [4.69, 9.17) is 11.6 Å². The fourth-order valence-electron chi connectivity index (χ4n) is 3.05. The van der Waals surface area contributed by atoms with Crippen molar-refractivity contribution in [3.63, 3.8) is 0 Å². The Balaban J connectivity index is 1.78. The van der Waals surface area contributed by atoms with Crippen LogP contribution in [0.2, 0.25) is 5.02 Å². The molecule has 3 aromatic rings. The molecule has 0 fully saturated rings. The molecule has 1 aromatic heterocycles. The molecule has 0 saturated heterocycles. The lowest BCUT2D eigenvalue weighted by molar-refractivity contribution is 0.102. The number of carbonyl (C=O) groups excluding carboxylic acids is 1. The number of para-hydroxylation sites is 1. The van der Waals surface area contributed by atoms with E-state index in [2.05, 4.69) is 5.32 Å². The highest BCUT2D eigenvalue weighted by Crippen LogP contribution is 2.24. The number of nitrogens with one attached hydrogen (secondary N) is 1. The second-order valence-corrected chi connectivity index (χ2v) is 6.03. The van der Waals surface area contributed by atoms with Gasteiger partial charge in [-0.2, -0.15) is 0 Å². The highest BCUT2D eigenvalue weighted by Gasteiger charge is 2.20. The number of nitrogens with zero attached hydrogens (tertiary/aromatic N) is 1. The summed E-state index contributed by atoms with van der Waals surface area (Å²) in [5, 5.41) is 3.94. The van der Waals surface area contributed by atoms with E-state index in [1.165, 1.54) is 0 Å². The van der Waals surface area contributed by atoms with Gasteiger partial charge in [-0.1, -0.05) is 23.7 Å². The molecular weight excluding hydrogens is 312 g/mol. The third-order valence-corrected chi connectivity index (χ3v) is 4.40. The number of aryl methyl sites for hydroxylation is 2. The summed E-state index contributed by atoms with van der Waals surface area (Å²) in [5.41, 5.74) is 2.64. The molecule has 4 nitrogen and oxygen atoms in total. The SMILES string of the molecule is O=C(Nc1ccc(Cl)cc1)c1cn2c3c(cccc3c1=O)CC2. The molecule has 1 aliphatic heterocycles. The summed E-state index contributed by atoms with van der Waals surface area (Å²) < 4.78 is 1.99. The molecular formula is C18H13ClN2O2. The van der Waals surface area contributed by atoms with Crippen LogP contribution in [0.4, 0.5) is 5.69 Å². The zero-order valence-corrected chi connectivity index (χ0v) is 12.9. The first-order chi connectivity index (χ1) is 11.1. The van der Waals surface area contributed by atoms with Crippen molar-refractivity contribution >= 4 is 34.1 Å². The standard InChI is InChI=1S/C18H13ClN2O2/c19-12-4-6-13(7-5-12)20-18(23)15-10-21-9-8-11-2-1-3-14(16(11)21)17(15)22/h1-7,10H,8-9H2,(H,20,23). The molecule has 1 N–H and O–H groups in total. The number of hydrogen-bond donors (Lipinski definition) is 1. The van der Waals surface area contributed by atoms with Crippen molar-refractivity contribution in [3.05, 3.63) is 75.0 Å². The molecule has 0 spiro atoms. The maximum absolute atomic E-state index is 12.7. The van der Waals surface area contributed by atoms with Crippen LogP contribution in [0.1, 0.15) is 15.9 Å². The molecule has 5 heteroatoms. The summed E-state index contributed by atoms with van der Waals surface area (Å²) in [5.74, 6) is -0.403. The van der Waals surface area contributed by atoms with Crippen LogP contribution in [-0.4, -0.2) is 10.5 Å².